The summed E-state index contributed by atoms with van der Waals surface area (Å²) in [5.41, 5.74) is 0.774. The molecule has 0 aliphatic carbocycles. The first-order valence-electron chi connectivity index (χ1n) is 5.15. The molecule has 0 radical (unpaired) electrons. The van der Waals surface area contributed by atoms with Gasteiger partial charge < -0.3 is 9.84 Å². The number of ether oxygens (including phenoxy) is 1. The fraction of sp³-hybridized carbons (Fsp3) is 0.250. The lowest BCUT2D eigenvalue weighted by Gasteiger charge is -2.13. The Balaban J connectivity index is 2.14. The molecule has 2 aromatic rings. The van der Waals surface area contributed by atoms with Crippen molar-refractivity contribution in [1.82, 2.24) is 4.98 Å². The molecule has 0 spiro atoms. The molecular formula is C12H12BrNO2S. The number of hydrogen-bond acceptors (Lipinski definition) is 4. The Bertz CT molecular complexity index is 485. The molecule has 5 heteroatoms. The van der Waals surface area contributed by atoms with Gasteiger partial charge in [0.25, 0.3) is 0 Å². The third-order valence-electron chi connectivity index (χ3n) is 2.26. The number of rotatable bonds is 4. The first-order chi connectivity index (χ1) is 8.16. The van der Waals surface area contributed by atoms with Gasteiger partial charge >= 0.3 is 0 Å². The van der Waals surface area contributed by atoms with Gasteiger partial charge in [-0.2, -0.15) is 0 Å². The topological polar surface area (TPSA) is 42.4 Å². The van der Waals surface area contributed by atoms with Crippen molar-refractivity contribution in [2.24, 2.45) is 0 Å². The number of benzene rings is 1. The summed E-state index contributed by atoms with van der Waals surface area (Å²) in [4.78, 5) is 4.15. The zero-order chi connectivity index (χ0) is 12.3. The fourth-order valence-electron chi connectivity index (χ4n) is 1.44. The van der Waals surface area contributed by atoms with Crippen LogP contribution in [0, 0.1) is 0 Å². The Morgan fingerprint density at radius 2 is 2.35 bits per heavy atom. The fourth-order valence-corrected chi connectivity index (χ4v) is 2.35. The number of halogens is 1. The lowest BCUT2D eigenvalue weighted by Crippen LogP contribution is -2.00. The number of aliphatic hydroxyl groups excluding tert-OH is 1. The van der Waals surface area contributed by atoms with Crippen LogP contribution in [0.4, 0.5) is 0 Å². The molecule has 0 fully saturated rings. The molecule has 0 amide bonds. The minimum atomic E-state index is -0.557. The second-order valence-corrected chi connectivity index (χ2v) is 5.47. The van der Waals surface area contributed by atoms with Crippen LogP contribution in [0.5, 0.6) is 5.75 Å². The van der Waals surface area contributed by atoms with Gasteiger partial charge in [-0.15, -0.1) is 11.3 Å². The minimum Gasteiger partial charge on any atom is -0.486 e. The quantitative estimate of drug-likeness (QED) is 0.938. The van der Waals surface area contributed by atoms with E-state index in [2.05, 4.69) is 20.9 Å². The average molecular weight is 314 g/mol. The maximum Gasteiger partial charge on any atom is 0.140 e. The van der Waals surface area contributed by atoms with Crippen molar-refractivity contribution in [3.05, 3.63) is 44.8 Å². The molecule has 90 valence electrons. The lowest BCUT2D eigenvalue weighted by atomic mass is 10.1. The van der Waals surface area contributed by atoms with Gasteiger partial charge in [-0.3, -0.25) is 0 Å². The van der Waals surface area contributed by atoms with Crippen LogP contribution in [-0.4, -0.2) is 10.1 Å². The highest BCUT2D eigenvalue weighted by molar-refractivity contribution is 9.10. The van der Waals surface area contributed by atoms with Crippen LogP contribution < -0.4 is 4.74 Å². The SMILES string of the molecule is C[C@@H](O)c1cc(Br)ccc1OCc1nccs1. The normalized spacial score (nSPS) is 12.4. The van der Waals surface area contributed by atoms with Gasteiger partial charge in [0.1, 0.15) is 17.4 Å². The highest BCUT2D eigenvalue weighted by atomic mass is 79.9. The third kappa shape index (κ3) is 3.28. The maximum atomic E-state index is 9.67. The van der Waals surface area contributed by atoms with Crippen molar-refractivity contribution in [1.29, 1.82) is 0 Å². The molecule has 3 nitrogen and oxygen atoms in total. The summed E-state index contributed by atoms with van der Waals surface area (Å²) >= 11 is 4.93. The molecule has 1 aromatic heterocycles. The smallest absolute Gasteiger partial charge is 0.140 e. The minimum absolute atomic E-state index is 0.430. The molecule has 1 atom stereocenters. The van der Waals surface area contributed by atoms with Crippen LogP contribution in [-0.2, 0) is 6.61 Å². The summed E-state index contributed by atoms with van der Waals surface area (Å²) in [6.45, 7) is 2.15. The average Bonchev–Trinajstić information content (AvgIpc) is 2.80. The van der Waals surface area contributed by atoms with Crippen molar-refractivity contribution >= 4 is 27.3 Å². The van der Waals surface area contributed by atoms with Gasteiger partial charge in [0.2, 0.25) is 0 Å². The maximum absolute atomic E-state index is 9.67. The Kier molecular flexibility index (Phi) is 4.15. The van der Waals surface area contributed by atoms with E-state index >= 15 is 0 Å². The van der Waals surface area contributed by atoms with Gasteiger partial charge in [0.05, 0.1) is 6.10 Å². The predicted molar refractivity (Wildman–Crippen MR) is 71.2 cm³/mol. The van der Waals surface area contributed by atoms with E-state index in [1.807, 2.05) is 23.6 Å². The molecule has 0 unspecified atom stereocenters. The Morgan fingerprint density at radius 1 is 1.53 bits per heavy atom. The number of aromatic nitrogens is 1. The van der Waals surface area contributed by atoms with Gasteiger partial charge in [-0.05, 0) is 25.1 Å². The second-order valence-electron chi connectivity index (χ2n) is 3.57. The van der Waals surface area contributed by atoms with E-state index in [-0.39, 0.29) is 0 Å². The van der Waals surface area contributed by atoms with E-state index in [1.165, 1.54) is 0 Å². The number of hydrogen-bond donors (Lipinski definition) is 1. The standard InChI is InChI=1S/C12H12BrNO2S/c1-8(15)10-6-9(13)2-3-11(10)16-7-12-14-4-5-17-12/h2-6,8,15H,7H2,1H3/t8-/m1/s1. The Hall–Kier alpha value is -0.910. The summed E-state index contributed by atoms with van der Waals surface area (Å²) in [7, 11) is 0. The molecular weight excluding hydrogens is 302 g/mol. The highest BCUT2D eigenvalue weighted by Gasteiger charge is 2.10. The molecule has 0 bridgehead atoms. The van der Waals surface area contributed by atoms with Gasteiger partial charge in [0.15, 0.2) is 0 Å². The van der Waals surface area contributed by atoms with E-state index in [0.29, 0.717) is 12.4 Å². The summed E-state index contributed by atoms with van der Waals surface area (Å²) in [6, 6.07) is 5.60. The molecule has 1 heterocycles. The van der Waals surface area contributed by atoms with E-state index < -0.39 is 6.10 Å². The molecule has 0 aliphatic heterocycles. The zero-order valence-corrected chi connectivity index (χ0v) is 11.7. The highest BCUT2D eigenvalue weighted by Crippen LogP contribution is 2.29. The zero-order valence-electron chi connectivity index (χ0n) is 9.26. The third-order valence-corrected chi connectivity index (χ3v) is 3.50. The Morgan fingerprint density at radius 3 is 3.00 bits per heavy atom. The first-order valence-corrected chi connectivity index (χ1v) is 6.83. The predicted octanol–water partition coefficient (Wildman–Crippen LogP) is 3.54. The van der Waals surface area contributed by atoms with Crippen LogP contribution in [0.25, 0.3) is 0 Å². The molecule has 17 heavy (non-hydrogen) atoms. The number of aliphatic hydroxyl groups is 1. The van der Waals surface area contributed by atoms with E-state index in [1.54, 1.807) is 24.5 Å². The van der Waals surface area contributed by atoms with Crippen molar-refractivity contribution < 1.29 is 9.84 Å². The van der Waals surface area contributed by atoms with Crippen LogP contribution in [0.2, 0.25) is 0 Å². The summed E-state index contributed by atoms with van der Waals surface area (Å²) in [6.07, 6.45) is 1.19. The van der Waals surface area contributed by atoms with Gasteiger partial charge in [-0.1, -0.05) is 15.9 Å². The number of nitrogens with zero attached hydrogens (tertiary/aromatic N) is 1. The van der Waals surface area contributed by atoms with Crippen LogP contribution in [0.1, 0.15) is 23.6 Å². The van der Waals surface area contributed by atoms with Crippen LogP contribution in [0.15, 0.2) is 34.2 Å². The van der Waals surface area contributed by atoms with Crippen LogP contribution in [0.3, 0.4) is 0 Å². The molecule has 0 saturated heterocycles. The molecule has 0 aliphatic rings. The van der Waals surface area contributed by atoms with Crippen molar-refractivity contribution in [2.75, 3.05) is 0 Å². The van der Waals surface area contributed by atoms with Gasteiger partial charge in [0, 0.05) is 21.6 Å². The molecule has 1 aromatic carbocycles. The van der Waals surface area contributed by atoms with Crippen molar-refractivity contribution in [2.45, 2.75) is 19.6 Å². The monoisotopic (exact) mass is 313 g/mol. The van der Waals surface area contributed by atoms with E-state index in [4.69, 9.17) is 4.74 Å². The van der Waals surface area contributed by atoms with Crippen molar-refractivity contribution in [3.63, 3.8) is 0 Å². The first kappa shape index (κ1) is 12.5. The largest absolute Gasteiger partial charge is 0.486 e. The van der Waals surface area contributed by atoms with Gasteiger partial charge in [-0.25, -0.2) is 4.98 Å². The van der Waals surface area contributed by atoms with Crippen LogP contribution >= 0.6 is 27.3 Å². The van der Waals surface area contributed by atoms with E-state index in [9.17, 15) is 5.11 Å². The lowest BCUT2D eigenvalue weighted by molar-refractivity contribution is 0.190. The molecule has 0 saturated carbocycles. The molecule has 1 N–H and O–H groups in total. The summed E-state index contributed by atoms with van der Waals surface area (Å²) in [5, 5.41) is 12.5. The molecule has 2 rings (SSSR count). The summed E-state index contributed by atoms with van der Waals surface area (Å²) in [5.74, 6) is 0.693. The van der Waals surface area contributed by atoms with E-state index in [0.717, 1.165) is 15.0 Å². The summed E-state index contributed by atoms with van der Waals surface area (Å²) < 4.78 is 6.59. The Labute approximate surface area is 112 Å². The van der Waals surface area contributed by atoms with Crippen molar-refractivity contribution in [3.8, 4) is 5.75 Å². The number of thiazole rings is 1. The second kappa shape index (κ2) is 5.62.